The Bertz CT molecular complexity index is 1070. The highest BCUT2D eigenvalue weighted by molar-refractivity contribution is 6.01. The van der Waals surface area contributed by atoms with Gasteiger partial charge in [0.15, 0.2) is 0 Å². The molecule has 0 aliphatic heterocycles. The van der Waals surface area contributed by atoms with Crippen molar-refractivity contribution in [2.24, 2.45) is 5.92 Å². The van der Waals surface area contributed by atoms with Crippen molar-refractivity contribution in [3.05, 3.63) is 42.5 Å². The van der Waals surface area contributed by atoms with Crippen LogP contribution in [0, 0.1) is 5.92 Å². The summed E-state index contributed by atoms with van der Waals surface area (Å²) >= 11 is 0. The molecule has 4 N–H and O–H groups in total. The van der Waals surface area contributed by atoms with Crippen molar-refractivity contribution in [1.82, 2.24) is 9.88 Å². The molecule has 0 spiro atoms. The van der Waals surface area contributed by atoms with E-state index in [2.05, 4.69) is 27.3 Å². The first-order chi connectivity index (χ1) is 15.0. The van der Waals surface area contributed by atoms with Crippen LogP contribution in [0.1, 0.15) is 40.0 Å². The average molecular weight is 421 g/mol. The lowest BCUT2D eigenvalue weighted by Gasteiger charge is -2.27. The van der Waals surface area contributed by atoms with Gasteiger partial charge in [-0.1, -0.05) is 18.6 Å². The number of urea groups is 1. The van der Waals surface area contributed by atoms with Gasteiger partial charge in [0, 0.05) is 35.3 Å². The van der Waals surface area contributed by atoms with Gasteiger partial charge in [-0.3, -0.25) is 0 Å². The number of nitrogens with one attached hydrogen (secondary N) is 2. The molecule has 0 bridgehead atoms. The minimum atomic E-state index is -0.204. The zero-order valence-electron chi connectivity index (χ0n) is 18.6. The normalized spacial score (nSPS) is 13.9. The smallest absolute Gasteiger partial charge is 0.319 e. The third-order valence-corrected chi connectivity index (χ3v) is 5.89. The van der Waals surface area contributed by atoms with Crippen molar-refractivity contribution in [2.45, 2.75) is 52.6 Å². The first-order valence-electron chi connectivity index (χ1n) is 11.2. The summed E-state index contributed by atoms with van der Waals surface area (Å²) in [6.45, 7) is 7.45. The van der Waals surface area contributed by atoms with E-state index < -0.39 is 0 Å². The number of fused-ring (bicyclic) bond motifs is 1. The minimum Gasteiger partial charge on any atom is -0.494 e. The van der Waals surface area contributed by atoms with Gasteiger partial charge in [0.2, 0.25) is 0 Å². The van der Waals surface area contributed by atoms with E-state index in [4.69, 9.17) is 10.5 Å². The topological polar surface area (TPSA) is 81.3 Å². The van der Waals surface area contributed by atoms with Crippen LogP contribution in [0.4, 0.5) is 16.2 Å². The lowest BCUT2D eigenvalue weighted by atomic mass is 9.85. The average Bonchev–Trinajstić information content (AvgIpc) is 2.96. The van der Waals surface area contributed by atoms with Crippen LogP contribution in [0.15, 0.2) is 42.5 Å². The highest BCUT2D eigenvalue weighted by atomic mass is 16.5. The summed E-state index contributed by atoms with van der Waals surface area (Å²) in [5.74, 6) is 1.55. The number of amides is 2. The highest BCUT2D eigenvalue weighted by Crippen LogP contribution is 2.40. The molecule has 6 nitrogen and oxygen atoms in total. The first kappa shape index (κ1) is 21.1. The number of nitrogen functional groups attached to an aromatic ring is 1. The fraction of sp³-hybridized carbons (Fsp3) is 0.400. The van der Waals surface area contributed by atoms with E-state index in [9.17, 15) is 4.79 Å². The van der Waals surface area contributed by atoms with Crippen LogP contribution in [-0.2, 0) is 6.54 Å². The number of benzene rings is 2. The molecule has 0 atom stereocenters. The number of rotatable bonds is 7. The molecule has 1 aliphatic rings. The predicted octanol–water partition coefficient (Wildman–Crippen LogP) is 5.62. The van der Waals surface area contributed by atoms with E-state index in [0.717, 1.165) is 45.8 Å². The van der Waals surface area contributed by atoms with Crippen molar-refractivity contribution >= 4 is 28.3 Å². The quantitative estimate of drug-likeness (QED) is 0.464. The number of carbonyl (C=O) groups is 1. The van der Waals surface area contributed by atoms with Crippen molar-refractivity contribution in [2.75, 3.05) is 17.7 Å². The Morgan fingerprint density at radius 1 is 1.19 bits per heavy atom. The molecule has 0 saturated heterocycles. The second kappa shape index (κ2) is 8.92. The maximum Gasteiger partial charge on any atom is 0.319 e. The molecule has 164 valence electrons. The second-order valence-electron chi connectivity index (χ2n) is 8.61. The number of carbonyl (C=O) groups excluding carboxylic acids is 1. The van der Waals surface area contributed by atoms with Crippen LogP contribution in [0.5, 0.6) is 5.75 Å². The van der Waals surface area contributed by atoms with Gasteiger partial charge in [-0.2, -0.15) is 0 Å². The van der Waals surface area contributed by atoms with Gasteiger partial charge < -0.3 is 25.7 Å². The van der Waals surface area contributed by atoms with E-state index in [-0.39, 0.29) is 12.1 Å². The van der Waals surface area contributed by atoms with Crippen LogP contribution >= 0.6 is 0 Å². The molecule has 1 aromatic heterocycles. The van der Waals surface area contributed by atoms with Crippen LogP contribution in [0.3, 0.4) is 0 Å². The molecule has 0 unspecified atom stereocenters. The van der Waals surface area contributed by atoms with Gasteiger partial charge in [0.1, 0.15) is 5.75 Å². The maximum atomic E-state index is 12.0. The Labute approximate surface area is 183 Å². The molecule has 2 amide bonds. The summed E-state index contributed by atoms with van der Waals surface area (Å²) in [5, 5.41) is 6.76. The highest BCUT2D eigenvalue weighted by Gasteiger charge is 2.23. The molecule has 1 heterocycles. The maximum absolute atomic E-state index is 12.0. The monoisotopic (exact) mass is 420 g/mol. The van der Waals surface area contributed by atoms with Crippen molar-refractivity contribution in [3.63, 3.8) is 0 Å². The molecule has 31 heavy (non-hydrogen) atoms. The standard InChI is InChI=1S/C25H32N4O2/c1-4-31-20-12-13-21-22(14-20)29(15-17-6-5-7-17)24(23(21)26)18-8-10-19(11-9-18)28-25(30)27-16(2)3/h8-14,16-17H,4-7,15,26H2,1-3H3,(H2,27,28,30). The molecule has 1 saturated carbocycles. The van der Waals surface area contributed by atoms with Gasteiger partial charge in [0.25, 0.3) is 0 Å². The Morgan fingerprint density at radius 2 is 1.94 bits per heavy atom. The Kier molecular flexibility index (Phi) is 6.07. The molecule has 1 aliphatic carbocycles. The zero-order chi connectivity index (χ0) is 22.0. The van der Waals surface area contributed by atoms with Crippen LogP contribution in [-0.4, -0.2) is 23.2 Å². The first-order valence-corrected chi connectivity index (χ1v) is 11.2. The van der Waals surface area contributed by atoms with Gasteiger partial charge in [0.05, 0.1) is 23.5 Å². The van der Waals surface area contributed by atoms with Gasteiger partial charge in [-0.25, -0.2) is 4.79 Å². The number of nitrogens with two attached hydrogens (primary N) is 1. The third kappa shape index (κ3) is 4.48. The molecule has 2 aromatic carbocycles. The lowest BCUT2D eigenvalue weighted by molar-refractivity contribution is 0.250. The van der Waals surface area contributed by atoms with Crippen molar-refractivity contribution in [1.29, 1.82) is 0 Å². The van der Waals surface area contributed by atoms with Gasteiger partial charge >= 0.3 is 6.03 Å². The fourth-order valence-electron chi connectivity index (χ4n) is 4.19. The number of ether oxygens (including phenoxy) is 1. The molecule has 0 radical (unpaired) electrons. The van der Waals surface area contributed by atoms with Crippen LogP contribution in [0.2, 0.25) is 0 Å². The number of aromatic nitrogens is 1. The van der Waals surface area contributed by atoms with E-state index in [0.29, 0.717) is 12.5 Å². The third-order valence-electron chi connectivity index (χ3n) is 5.89. The SMILES string of the molecule is CCOc1ccc2c(N)c(-c3ccc(NC(=O)NC(C)C)cc3)n(CC3CCC3)c2c1. The largest absolute Gasteiger partial charge is 0.494 e. The number of hydrogen-bond acceptors (Lipinski definition) is 3. The summed E-state index contributed by atoms with van der Waals surface area (Å²) in [6, 6.07) is 13.9. The Balaban J connectivity index is 1.70. The summed E-state index contributed by atoms with van der Waals surface area (Å²) in [7, 11) is 0. The van der Waals surface area contributed by atoms with Crippen molar-refractivity contribution in [3.8, 4) is 17.0 Å². The van der Waals surface area contributed by atoms with E-state index in [1.54, 1.807) is 0 Å². The molecule has 1 fully saturated rings. The summed E-state index contributed by atoms with van der Waals surface area (Å²) in [5.41, 5.74) is 11.4. The van der Waals surface area contributed by atoms with E-state index in [1.165, 1.54) is 19.3 Å². The molecule has 6 heteroatoms. The van der Waals surface area contributed by atoms with E-state index >= 15 is 0 Å². The molecule has 3 aromatic rings. The Hall–Kier alpha value is -3.15. The van der Waals surface area contributed by atoms with Gasteiger partial charge in [-0.05, 0) is 63.8 Å². The zero-order valence-corrected chi connectivity index (χ0v) is 18.6. The molecule has 4 rings (SSSR count). The van der Waals surface area contributed by atoms with Crippen LogP contribution in [0.25, 0.3) is 22.2 Å². The second-order valence-corrected chi connectivity index (χ2v) is 8.61. The van der Waals surface area contributed by atoms with Gasteiger partial charge in [-0.15, -0.1) is 0 Å². The Morgan fingerprint density at radius 3 is 2.55 bits per heavy atom. The summed E-state index contributed by atoms with van der Waals surface area (Å²) in [4.78, 5) is 12.0. The van der Waals surface area contributed by atoms with Crippen molar-refractivity contribution < 1.29 is 9.53 Å². The summed E-state index contributed by atoms with van der Waals surface area (Å²) in [6.07, 6.45) is 3.83. The number of anilines is 2. The van der Waals surface area contributed by atoms with E-state index in [1.807, 2.05) is 51.1 Å². The molecular formula is C25H32N4O2. The number of hydrogen-bond donors (Lipinski definition) is 3. The lowest BCUT2D eigenvalue weighted by Crippen LogP contribution is -2.34. The fourth-order valence-corrected chi connectivity index (χ4v) is 4.19. The predicted molar refractivity (Wildman–Crippen MR) is 128 cm³/mol. The number of nitrogens with zero attached hydrogens (tertiary/aromatic N) is 1. The minimum absolute atomic E-state index is 0.0860. The summed E-state index contributed by atoms with van der Waals surface area (Å²) < 4.78 is 8.10. The van der Waals surface area contributed by atoms with Crippen LogP contribution < -0.4 is 21.1 Å². The molecular weight excluding hydrogens is 388 g/mol.